The number of ether oxygens (including phenoxy) is 1. The van der Waals surface area contributed by atoms with Crippen molar-refractivity contribution in [2.45, 2.75) is 12.7 Å². The zero-order chi connectivity index (χ0) is 11.3. The van der Waals surface area contributed by atoms with Crippen LogP contribution in [-0.4, -0.2) is 30.4 Å². The highest BCUT2D eigenvalue weighted by atomic mass is 19.4. The van der Waals surface area contributed by atoms with Crippen molar-refractivity contribution in [3.8, 4) is 0 Å². The van der Waals surface area contributed by atoms with Gasteiger partial charge in [0, 0.05) is 13.7 Å². The van der Waals surface area contributed by atoms with Crippen LogP contribution in [-0.2, 0) is 17.5 Å². The smallest absolute Gasteiger partial charge is 0.383 e. The summed E-state index contributed by atoms with van der Waals surface area (Å²) in [4.78, 5) is 3.17. The molecule has 0 aromatic carbocycles. The molecule has 1 N–H and O–H groups in total. The molecule has 1 aromatic rings. The second kappa shape index (κ2) is 5.08. The first kappa shape index (κ1) is 11.9. The molecule has 0 bridgehead atoms. The standard InChI is InChI=1S/C7H10F3N3O2/c1-14-3-2-11-4-5-12-6(13-15-5)7(8,9)10/h11H,2-4H2,1H3. The summed E-state index contributed by atoms with van der Waals surface area (Å²) in [5.74, 6) is -1.36. The van der Waals surface area contributed by atoms with Crippen LogP contribution in [0.25, 0.3) is 0 Å². The number of halogens is 3. The lowest BCUT2D eigenvalue weighted by Crippen LogP contribution is -2.18. The average molecular weight is 225 g/mol. The zero-order valence-corrected chi connectivity index (χ0v) is 7.97. The van der Waals surface area contributed by atoms with Crippen LogP contribution in [0.1, 0.15) is 11.7 Å². The number of hydrogen-bond acceptors (Lipinski definition) is 5. The summed E-state index contributed by atoms with van der Waals surface area (Å²) in [6, 6.07) is 0. The van der Waals surface area contributed by atoms with Gasteiger partial charge in [-0.25, -0.2) is 0 Å². The minimum absolute atomic E-state index is 0.0897. The molecular formula is C7H10F3N3O2. The van der Waals surface area contributed by atoms with Gasteiger partial charge in [0.05, 0.1) is 13.2 Å². The minimum atomic E-state index is -4.56. The molecule has 0 fully saturated rings. The van der Waals surface area contributed by atoms with Gasteiger partial charge in [-0.3, -0.25) is 0 Å². The summed E-state index contributed by atoms with van der Waals surface area (Å²) in [5.41, 5.74) is 0. The van der Waals surface area contributed by atoms with Gasteiger partial charge in [0.1, 0.15) is 0 Å². The minimum Gasteiger partial charge on any atom is -0.383 e. The summed E-state index contributed by atoms with van der Waals surface area (Å²) in [6.45, 7) is 1.05. The maximum absolute atomic E-state index is 12.0. The molecule has 0 aliphatic rings. The third-order valence-electron chi connectivity index (χ3n) is 1.48. The van der Waals surface area contributed by atoms with Crippen molar-refractivity contribution in [2.75, 3.05) is 20.3 Å². The third kappa shape index (κ3) is 3.84. The Balaban J connectivity index is 2.40. The van der Waals surface area contributed by atoms with Crippen molar-refractivity contribution in [1.29, 1.82) is 0 Å². The molecule has 5 nitrogen and oxygen atoms in total. The maximum atomic E-state index is 12.0. The highest BCUT2D eigenvalue weighted by molar-refractivity contribution is 4.90. The number of hydrogen-bond donors (Lipinski definition) is 1. The van der Waals surface area contributed by atoms with Crippen molar-refractivity contribution < 1.29 is 22.4 Å². The first-order chi connectivity index (χ1) is 7.04. The van der Waals surface area contributed by atoms with Gasteiger partial charge >= 0.3 is 6.18 Å². The Bertz CT molecular complexity index is 300. The number of alkyl halides is 3. The van der Waals surface area contributed by atoms with Crippen LogP contribution in [0.3, 0.4) is 0 Å². The quantitative estimate of drug-likeness (QED) is 0.752. The molecule has 0 radical (unpaired) electrons. The Morgan fingerprint density at radius 1 is 1.47 bits per heavy atom. The molecule has 0 atom stereocenters. The van der Waals surface area contributed by atoms with Crippen LogP contribution >= 0.6 is 0 Å². The van der Waals surface area contributed by atoms with Gasteiger partial charge in [0.25, 0.3) is 5.82 Å². The lowest BCUT2D eigenvalue weighted by molar-refractivity contribution is -0.146. The van der Waals surface area contributed by atoms with E-state index in [-0.39, 0.29) is 12.4 Å². The molecule has 0 spiro atoms. The molecular weight excluding hydrogens is 215 g/mol. The number of methoxy groups -OCH3 is 1. The average Bonchev–Trinajstić information content (AvgIpc) is 2.60. The molecule has 0 aliphatic carbocycles. The van der Waals surface area contributed by atoms with E-state index in [2.05, 4.69) is 20.0 Å². The SMILES string of the molecule is COCCNCc1nc(C(F)(F)F)no1. The normalized spacial score (nSPS) is 12.0. The Hall–Kier alpha value is -1.15. The molecule has 1 aromatic heterocycles. The highest BCUT2D eigenvalue weighted by Crippen LogP contribution is 2.25. The fourth-order valence-electron chi connectivity index (χ4n) is 0.811. The van der Waals surface area contributed by atoms with E-state index in [1.54, 1.807) is 0 Å². The van der Waals surface area contributed by atoms with Crippen molar-refractivity contribution in [3.05, 3.63) is 11.7 Å². The van der Waals surface area contributed by atoms with Crippen LogP contribution in [0.5, 0.6) is 0 Å². The van der Waals surface area contributed by atoms with E-state index in [1.807, 2.05) is 0 Å². The van der Waals surface area contributed by atoms with E-state index >= 15 is 0 Å². The number of nitrogens with one attached hydrogen (secondary N) is 1. The van der Waals surface area contributed by atoms with Crippen molar-refractivity contribution >= 4 is 0 Å². The largest absolute Gasteiger partial charge is 0.455 e. The van der Waals surface area contributed by atoms with Crippen molar-refractivity contribution in [2.24, 2.45) is 0 Å². The molecule has 0 saturated heterocycles. The first-order valence-electron chi connectivity index (χ1n) is 4.13. The van der Waals surface area contributed by atoms with E-state index < -0.39 is 12.0 Å². The fraction of sp³-hybridized carbons (Fsp3) is 0.714. The predicted molar refractivity (Wildman–Crippen MR) is 42.9 cm³/mol. The van der Waals surface area contributed by atoms with Gasteiger partial charge in [-0.15, -0.1) is 0 Å². The number of aromatic nitrogens is 2. The molecule has 1 rings (SSSR count). The summed E-state index contributed by atoms with van der Waals surface area (Å²) < 4.78 is 45.2. The Kier molecular flexibility index (Phi) is 4.04. The fourth-order valence-corrected chi connectivity index (χ4v) is 0.811. The van der Waals surface area contributed by atoms with E-state index in [9.17, 15) is 13.2 Å². The second-order valence-corrected chi connectivity index (χ2v) is 2.68. The van der Waals surface area contributed by atoms with E-state index in [4.69, 9.17) is 4.74 Å². The topological polar surface area (TPSA) is 60.2 Å². The molecule has 8 heteroatoms. The predicted octanol–water partition coefficient (Wildman–Crippen LogP) is 0.824. The molecule has 0 amide bonds. The van der Waals surface area contributed by atoms with E-state index in [0.717, 1.165) is 0 Å². The van der Waals surface area contributed by atoms with Crippen LogP contribution in [0, 0.1) is 0 Å². The Labute approximate surface area is 83.6 Å². The molecule has 86 valence electrons. The second-order valence-electron chi connectivity index (χ2n) is 2.68. The van der Waals surface area contributed by atoms with Crippen LogP contribution in [0.2, 0.25) is 0 Å². The van der Waals surface area contributed by atoms with E-state index in [1.165, 1.54) is 7.11 Å². The van der Waals surface area contributed by atoms with Crippen molar-refractivity contribution in [1.82, 2.24) is 15.5 Å². The summed E-state index contributed by atoms with van der Waals surface area (Å²) in [7, 11) is 1.52. The summed E-state index contributed by atoms with van der Waals surface area (Å²) in [5, 5.41) is 5.58. The monoisotopic (exact) mass is 225 g/mol. The lowest BCUT2D eigenvalue weighted by atomic mass is 10.5. The number of rotatable bonds is 5. The molecule has 0 aliphatic heterocycles. The first-order valence-corrected chi connectivity index (χ1v) is 4.13. The molecule has 1 heterocycles. The molecule has 0 unspecified atom stereocenters. The molecule has 15 heavy (non-hydrogen) atoms. The number of nitrogens with zero attached hydrogens (tertiary/aromatic N) is 2. The van der Waals surface area contributed by atoms with E-state index in [0.29, 0.717) is 13.2 Å². The highest BCUT2D eigenvalue weighted by Gasteiger charge is 2.37. The van der Waals surface area contributed by atoms with Crippen LogP contribution in [0.15, 0.2) is 4.52 Å². The van der Waals surface area contributed by atoms with Gasteiger partial charge in [-0.05, 0) is 0 Å². The van der Waals surface area contributed by atoms with Crippen molar-refractivity contribution in [3.63, 3.8) is 0 Å². The molecule has 0 saturated carbocycles. The van der Waals surface area contributed by atoms with Gasteiger partial charge in [0.15, 0.2) is 0 Å². The van der Waals surface area contributed by atoms with Gasteiger partial charge in [-0.2, -0.15) is 18.2 Å². The third-order valence-corrected chi connectivity index (χ3v) is 1.48. The Morgan fingerprint density at radius 3 is 2.73 bits per heavy atom. The Morgan fingerprint density at radius 2 is 2.20 bits per heavy atom. The van der Waals surface area contributed by atoms with Gasteiger partial charge in [0.2, 0.25) is 5.89 Å². The zero-order valence-electron chi connectivity index (χ0n) is 7.97. The lowest BCUT2D eigenvalue weighted by Gasteiger charge is -1.99. The summed E-state index contributed by atoms with van der Waals surface area (Å²) in [6.07, 6.45) is -4.56. The van der Waals surface area contributed by atoms with Gasteiger partial charge in [-0.1, -0.05) is 5.16 Å². The van der Waals surface area contributed by atoms with Gasteiger partial charge < -0.3 is 14.6 Å². The van der Waals surface area contributed by atoms with Crippen LogP contribution in [0.4, 0.5) is 13.2 Å². The summed E-state index contributed by atoms with van der Waals surface area (Å²) >= 11 is 0. The maximum Gasteiger partial charge on any atom is 0.455 e. The van der Waals surface area contributed by atoms with Crippen LogP contribution < -0.4 is 5.32 Å².